The summed E-state index contributed by atoms with van der Waals surface area (Å²) < 4.78 is 28.6. The van der Waals surface area contributed by atoms with Gasteiger partial charge in [-0.3, -0.25) is 4.72 Å². The van der Waals surface area contributed by atoms with Gasteiger partial charge < -0.3 is 5.73 Å². The van der Waals surface area contributed by atoms with Crippen LogP contribution >= 0.6 is 43.5 Å². The van der Waals surface area contributed by atoms with E-state index in [4.69, 9.17) is 17.3 Å². The third-order valence-electron chi connectivity index (χ3n) is 2.77. The lowest BCUT2D eigenvalue weighted by Gasteiger charge is -2.13. The maximum absolute atomic E-state index is 12.5. The number of sulfonamides is 1. The smallest absolute Gasteiger partial charge is 0.263 e. The molecular formula is C13H11Br2ClN2O2S. The van der Waals surface area contributed by atoms with Gasteiger partial charge >= 0.3 is 0 Å². The van der Waals surface area contributed by atoms with E-state index in [0.29, 0.717) is 5.69 Å². The summed E-state index contributed by atoms with van der Waals surface area (Å²) in [5.74, 6) is 0. The first-order valence-electron chi connectivity index (χ1n) is 5.74. The first kappa shape index (κ1) is 16.6. The van der Waals surface area contributed by atoms with Gasteiger partial charge in [-0.1, -0.05) is 33.6 Å². The molecule has 0 aliphatic rings. The van der Waals surface area contributed by atoms with Crippen molar-refractivity contribution in [2.45, 2.75) is 11.8 Å². The van der Waals surface area contributed by atoms with Crippen molar-refractivity contribution in [3.63, 3.8) is 0 Å². The second kappa shape index (κ2) is 6.16. The van der Waals surface area contributed by atoms with Gasteiger partial charge in [0, 0.05) is 15.2 Å². The third kappa shape index (κ3) is 3.71. The largest absolute Gasteiger partial charge is 0.398 e. The number of anilines is 2. The molecule has 0 unspecified atom stereocenters. The summed E-state index contributed by atoms with van der Waals surface area (Å²) in [7, 11) is -3.81. The Balaban J connectivity index is 2.51. The van der Waals surface area contributed by atoms with Crippen LogP contribution in [0, 0.1) is 6.92 Å². The van der Waals surface area contributed by atoms with Crippen molar-refractivity contribution in [2.75, 3.05) is 10.5 Å². The second-order valence-corrected chi connectivity index (χ2v) is 8.17. The van der Waals surface area contributed by atoms with Crippen LogP contribution in [0.15, 0.2) is 44.2 Å². The minimum atomic E-state index is -3.81. The number of hydrogen-bond acceptors (Lipinski definition) is 3. The SMILES string of the molecule is Cc1ccc(Br)cc1NS(=O)(=O)c1cc(Cl)cc(N)c1Br. The first-order valence-corrected chi connectivity index (χ1v) is 9.19. The summed E-state index contributed by atoms with van der Waals surface area (Å²) in [6.45, 7) is 1.81. The Kier molecular flexibility index (Phi) is 4.87. The highest BCUT2D eigenvalue weighted by Crippen LogP contribution is 2.33. The molecule has 0 saturated heterocycles. The topological polar surface area (TPSA) is 72.2 Å². The Morgan fingerprint density at radius 2 is 1.86 bits per heavy atom. The van der Waals surface area contributed by atoms with Gasteiger partial charge in [-0.25, -0.2) is 8.42 Å². The van der Waals surface area contributed by atoms with E-state index in [1.165, 1.54) is 12.1 Å². The van der Waals surface area contributed by atoms with Crippen molar-refractivity contribution in [2.24, 2.45) is 0 Å². The molecule has 0 aliphatic carbocycles. The zero-order valence-corrected chi connectivity index (χ0v) is 15.6. The summed E-state index contributed by atoms with van der Waals surface area (Å²) in [5, 5.41) is 0.252. The zero-order valence-electron chi connectivity index (χ0n) is 10.8. The quantitative estimate of drug-likeness (QED) is 0.668. The van der Waals surface area contributed by atoms with E-state index in [1.54, 1.807) is 6.07 Å². The summed E-state index contributed by atoms with van der Waals surface area (Å²) in [6.07, 6.45) is 0. The lowest BCUT2D eigenvalue weighted by Crippen LogP contribution is -2.15. The molecule has 8 heteroatoms. The Labute approximate surface area is 145 Å². The van der Waals surface area contributed by atoms with E-state index < -0.39 is 10.0 Å². The first-order chi connectivity index (χ1) is 9.70. The van der Waals surface area contributed by atoms with Crippen molar-refractivity contribution in [3.8, 4) is 0 Å². The molecule has 2 aromatic rings. The van der Waals surface area contributed by atoms with E-state index in [0.717, 1.165) is 10.0 Å². The van der Waals surface area contributed by atoms with Crippen LogP contribution in [0.5, 0.6) is 0 Å². The Hall–Kier alpha value is -0.760. The van der Waals surface area contributed by atoms with Gasteiger partial charge in [0.2, 0.25) is 0 Å². The van der Waals surface area contributed by atoms with Gasteiger partial charge in [0.25, 0.3) is 10.0 Å². The number of nitrogen functional groups attached to an aromatic ring is 1. The van der Waals surface area contributed by atoms with Gasteiger partial charge in [0.1, 0.15) is 4.90 Å². The number of aryl methyl sites for hydroxylation is 1. The van der Waals surface area contributed by atoms with Crippen LogP contribution in [0.3, 0.4) is 0 Å². The number of rotatable bonds is 3. The van der Waals surface area contributed by atoms with E-state index >= 15 is 0 Å². The molecule has 0 saturated carbocycles. The predicted molar refractivity (Wildman–Crippen MR) is 93.3 cm³/mol. The average Bonchev–Trinajstić information content (AvgIpc) is 2.37. The van der Waals surface area contributed by atoms with Crippen molar-refractivity contribution in [1.29, 1.82) is 0 Å². The molecule has 0 amide bonds. The highest BCUT2D eigenvalue weighted by molar-refractivity contribution is 9.10. The number of nitrogens with two attached hydrogens (primary N) is 1. The molecule has 0 fully saturated rings. The Morgan fingerprint density at radius 1 is 1.19 bits per heavy atom. The van der Waals surface area contributed by atoms with E-state index in [2.05, 4.69) is 36.6 Å². The maximum Gasteiger partial charge on any atom is 0.263 e. The fraction of sp³-hybridized carbons (Fsp3) is 0.0769. The van der Waals surface area contributed by atoms with Crippen LogP contribution in [0.1, 0.15) is 5.56 Å². The van der Waals surface area contributed by atoms with E-state index in [9.17, 15) is 8.42 Å². The number of halogens is 3. The van der Waals surface area contributed by atoms with Crippen molar-refractivity contribution in [1.82, 2.24) is 0 Å². The lowest BCUT2D eigenvalue weighted by molar-refractivity contribution is 0.600. The van der Waals surface area contributed by atoms with Gasteiger partial charge in [0.05, 0.1) is 10.2 Å². The molecule has 21 heavy (non-hydrogen) atoms. The fourth-order valence-corrected chi connectivity index (χ4v) is 4.46. The van der Waals surface area contributed by atoms with E-state index in [-0.39, 0.29) is 20.1 Å². The van der Waals surface area contributed by atoms with Crippen molar-refractivity contribution >= 4 is 64.9 Å². The van der Waals surface area contributed by atoms with E-state index in [1.807, 2.05) is 19.1 Å². The maximum atomic E-state index is 12.5. The molecule has 0 bridgehead atoms. The van der Waals surface area contributed by atoms with Crippen LogP contribution < -0.4 is 10.5 Å². The molecule has 2 rings (SSSR count). The Morgan fingerprint density at radius 3 is 2.52 bits per heavy atom. The second-order valence-electron chi connectivity index (χ2n) is 4.37. The van der Waals surface area contributed by atoms with Crippen molar-refractivity contribution < 1.29 is 8.42 Å². The molecule has 112 valence electrons. The van der Waals surface area contributed by atoms with Crippen LogP contribution in [0.2, 0.25) is 5.02 Å². The summed E-state index contributed by atoms with van der Waals surface area (Å²) >= 11 is 12.4. The highest BCUT2D eigenvalue weighted by Gasteiger charge is 2.21. The molecule has 0 aromatic heterocycles. The van der Waals surface area contributed by atoms with Crippen LogP contribution in [0.25, 0.3) is 0 Å². The molecule has 0 aliphatic heterocycles. The standard InChI is InChI=1S/C13H11Br2ClN2O2S/c1-7-2-3-8(14)4-11(7)18-21(19,20)12-6-9(16)5-10(17)13(12)15/h2-6,18H,17H2,1H3. The summed E-state index contributed by atoms with van der Waals surface area (Å²) in [5.41, 5.74) is 7.27. The van der Waals surface area contributed by atoms with Gasteiger partial charge in [-0.2, -0.15) is 0 Å². The van der Waals surface area contributed by atoms with Crippen LogP contribution in [0.4, 0.5) is 11.4 Å². The molecule has 0 heterocycles. The number of nitrogens with one attached hydrogen (secondary N) is 1. The third-order valence-corrected chi connectivity index (χ3v) is 6.01. The molecule has 3 N–H and O–H groups in total. The zero-order chi connectivity index (χ0) is 15.8. The molecule has 0 radical (unpaired) electrons. The minimum absolute atomic E-state index is 0.00752. The highest BCUT2D eigenvalue weighted by atomic mass is 79.9. The average molecular weight is 455 g/mol. The van der Waals surface area contributed by atoms with Crippen LogP contribution in [-0.4, -0.2) is 8.42 Å². The molecule has 0 atom stereocenters. The summed E-state index contributed by atoms with van der Waals surface area (Å²) in [4.78, 5) is -0.00752. The number of benzene rings is 2. The lowest BCUT2D eigenvalue weighted by atomic mass is 10.2. The monoisotopic (exact) mass is 452 g/mol. The summed E-state index contributed by atoms with van der Waals surface area (Å²) in [6, 6.07) is 8.16. The molecule has 0 spiro atoms. The normalized spacial score (nSPS) is 11.4. The Bertz CT molecular complexity index is 810. The van der Waals surface area contributed by atoms with Gasteiger partial charge in [-0.05, 0) is 52.7 Å². The van der Waals surface area contributed by atoms with Gasteiger partial charge in [-0.15, -0.1) is 0 Å². The van der Waals surface area contributed by atoms with Gasteiger partial charge in [0.15, 0.2) is 0 Å². The van der Waals surface area contributed by atoms with Crippen LogP contribution in [-0.2, 0) is 10.0 Å². The molecular weight excluding hydrogens is 443 g/mol. The van der Waals surface area contributed by atoms with Crippen molar-refractivity contribution in [3.05, 3.63) is 49.9 Å². The minimum Gasteiger partial charge on any atom is -0.398 e. The number of hydrogen-bond donors (Lipinski definition) is 2. The molecule has 2 aromatic carbocycles. The molecule has 4 nitrogen and oxygen atoms in total. The predicted octanol–water partition coefficient (Wildman–Crippen LogP) is 4.56. The fourth-order valence-electron chi connectivity index (χ4n) is 1.68.